The van der Waals surface area contributed by atoms with Crippen LogP contribution in [0, 0.1) is 0 Å². The molecular formula is C19H22N2O3. The molecule has 24 heavy (non-hydrogen) atoms. The summed E-state index contributed by atoms with van der Waals surface area (Å²) in [7, 11) is 1.61. The van der Waals surface area contributed by atoms with Crippen molar-refractivity contribution in [1.82, 2.24) is 10.6 Å². The number of carbonyl (C=O) groups is 2. The van der Waals surface area contributed by atoms with Gasteiger partial charge in [-0.25, -0.2) is 0 Å². The Morgan fingerprint density at radius 2 is 1.62 bits per heavy atom. The maximum absolute atomic E-state index is 12.1. The van der Waals surface area contributed by atoms with E-state index in [2.05, 4.69) is 10.6 Å². The highest BCUT2D eigenvalue weighted by Gasteiger charge is 2.23. The minimum Gasteiger partial charge on any atom is -0.497 e. The van der Waals surface area contributed by atoms with Gasteiger partial charge in [0, 0.05) is 5.56 Å². The van der Waals surface area contributed by atoms with Crippen LogP contribution in [0.3, 0.4) is 0 Å². The lowest BCUT2D eigenvalue weighted by atomic mass is 9.94. The van der Waals surface area contributed by atoms with Crippen LogP contribution in [0.1, 0.15) is 29.8 Å². The normalized spacial score (nSPS) is 10.8. The number of amides is 2. The Balaban J connectivity index is 1.91. The van der Waals surface area contributed by atoms with Crippen molar-refractivity contribution >= 4 is 11.8 Å². The molecule has 2 amide bonds. The number of hydrogen-bond acceptors (Lipinski definition) is 3. The smallest absolute Gasteiger partial charge is 0.251 e. The van der Waals surface area contributed by atoms with Gasteiger partial charge in [-0.3, -0.25) is 9.59 Å². The summed E-state index contributed by atoms with van der Waals surface area (Å²) in [5.41, 5.74) is 0.923. The third-order valence-corrected chi connectivity index (χ3v) is 3.71. The molecule has 0 unspecified atom stereocenters. The van der Waals surface area contributed by atoms with Crippen molar-refractivity contribution in [2.75, 3.05) is 13.7 Å². The predicted octanol–water partition coefficient (Wildman–Crippen LogP) is 2.48. The van der Waals surface area contributed by atoms with Gasteiger partial charge in [0.25, 0.3) is 5.91 Å². The zero-order valence-corrected chi connectivity index (χ0v) is 14.1. The molecule has 2 rings (SSSR count). The molecule has 2 N–H and O–H groups in total. The number of carbonyl (C=O) groups excluding carboxylic acids is 2. The zero-order chi connectivity index (χ0) is 17.6. The molecule has 2 aromatic rings. The van der Waals surface area contributed by atoms with Crippen LogP contribution in [0.25, 0.3) is 0 Å². The van der Waals surface area contributed by atoms with Crippen LogP contribution in [-0.2, 0) is 10.3 Å². The second-order valence-electron chi connectivity index (χ2n) is 5.95. The number of methoxy groups -OCH3 is 1. The lowest BCUT2D eigenvalue weighted by molar-refractivity contribution is -0.121. The molecule has 0 bridgehead atoms. The molecule has 5 heteroatoms. The quantitative estimate of drug-likeness (QED) is 0.857. The van der Waals surface area contributed by atoms with Gasteiger partial charge in [0.1, 0.15) is 5.75 Å². The van der Waals surface area contributed by atoms with Gasteiger partial charge in [0.05, 0.1) is 19.2 Å². The summed E-state index contributed by atoms with van der Waals surface area (Å²) in [6.07, 6.45) is 0. The first kappa shape index (κ1) is 17.5. The topological polar surface area (TPSA) is 67.4 Å². The van der Waals surface area contributed by atoms with E-state index in [0.717, 1.165) is 11.3 Å². The minimum atomic E-state index is -0.555. The zero-order valence-electron chi connectivity index (χ0n) is 14.1. The van der Waals surface area contributed by atoms with Crippen LogP contribution in [0.2, 0.25) is 0 Å². The van der Waals surface area contributed by atoms with E-state index in [1.807, 2.05) is 44.2 Å². The van der Waals surface area contributed by atoms with Crippen molar-refractivity contribution in [3.05, 3.63) is 65.7 Å². The van der Waals surface area contributed by atoms with Crippen LogP contribution < -0.4 is 15.4 Å². The average Bonchev–Trinajstić information content (AvgIpc) is 2.60. The predicted molar refractivity (Wildman–Crippen MR) is 92.9 cm³/mol. The van der Waals surface area contributed by atoms with Gasteiger partial charge in [-0.15, -0.1) is 0 Å². The first-order valence-corrected chi connectivity index (χ1v) is 7.71. The molecule has 0 heterocycles. The third-order valence-electron chi connectivity index (χ3n) is 3.71. The maximum atomic E-state index is 12.1. The van der Waals surface area contributed by atoms with E-state index in [0.29, 0.717) is 5.56 Å². The Hall–Kier alpha value is -2.82. The van der Waals surface area contributed by atoms with Gasteiger partial charge in [0.15, 0.2) is 0 Å². The van der Waals surface area contributed by atoms with Crippen molar-refractivity contribution in [3.8, 4) is 5.75 Å². The fraction of sp³-hybridized carbons (Fsp3) is 0.263. The van der Waals surface area contributed by atoms with Crippen molar-refractivity contribution in [2.24, 2.45) is 0 Å². The molecule has 0 saturated carbocycles. The maximum Gasteiger partial charge on any atom is 0.251 e. The Morgan fingerprint density at radius 3 is 2.21 bits per heavy atom. The molecule has 5 nitrogen and oxygen atoms in total. The van der Waals surface area contributed by atoms with E-state index in [1.54, 1.807) is 31.4 Å². The highest BCUT2D eigenvalue weighted by atomic mass is 16.5. The summed E-state index contributed by atoms with van der Waals surface area (Å²) in [5, 5.41) is 5.54. The number of benzene rings is 2. The molecule has 0 radical (unpaired) electrons. The Morgan fingerprint density at radius 1 is 1.00 bits per heavy atom. The molecular weight excluding hydrogens is 304 g/mol. The second kappa shape index (κ2) is 7.64. The van der Waals surface area contributed by atoms with E-state index in [-0.39, 0.29) is 18.4 Å². The first-order valence-electron chi connectivity index (χ1n) is 7.71. The number of rotatable bonds is 6. The molecule has 0 aliphatic carbocycles. The SMILES string of the molecule is COc1ccc(C(C)(C)NC(=O)CNC(=O)c2ccccc2)cc1. The van der Waals surface area contributed by atoms with Crippen molar-refractivity contribution in [2.45, 2.75) is 19.4 Å². The van der Waals surface area contributed by atoms with Crippen LogP contribution in [-0.4, -0.2) is 25.5 Å². The summed E-state index contributed by atoms with van der Waals surface area (Å²) in [6.45, 7) is 3.74. The summed E-state index contributed by atoms with van der Waals surface area (Å²) in [5.74, 6) is 0.240. The van der Waals surface area contributed by atoms with Crippen LogP contribution in [0.15, 0.2) is 54.6 Å². The number of nitrogens with one attached hydrogen (secondary N) is 2. The summed E-state index contributed by atoms with van der Waals surface area (Å²) in [6, 6.07) is 16.3. The average molecular weight is 326 g/mol. The van der Waals surface area contributed by atoms with Crippen LogP contribution in [0.4, 0.5) is 0 Å². The fourth-order valence-electron chi connectivity index (χ4n) is 2.32. The van der Waals surface area contributed by atoms with E-state index >= 15 is 0 Å². The molecule has 0 fully saturated rings. The van der Waals surface area contributed by atoms with Gasteiger partial charge in [0.2, 0.25) is 5.91 Å². The molecule has 0 aromatic heterocycles. The van der Waals surface area contributed by atoms with Gasteiger partial charge >= 0.3 is 0 Å². The minimum absolute atomic E-state index is 0.0761. The Labute approximate surface area is 142 Å². The van der Waals surface area contributed by atoms with E-state index in [4.69, 9.17) is 4.74 Å². The van der Waals surface area contributed by atoms with E-state index in [9.17, 15) is 9.59 Å². The second-order valence-corrected chi connectivity index (χ2v) is 5.95. The number of ether oxygens (including phenoxy) is 1. The highest BCUT2D eigenvalue weighted by Crippen LogP contribution is 2.22. The molecule has 0 saturated heterocycles. The summed E-state index contributed by atoms with van der Waals surface area (Å²) >= 11 is 0. The largest absolute Gasteiger partial charge is 0.497 e. The fourth-order valence-corrected chi connectivity index (χ4v) is 2.32. The Bertz CT molecular complexity index is 694. The van der Waals surface area contributed by atoms with E-state index < -0.39 is 5.54 Å². The van der Waals surface area contributed by atoms with Gasteiger partial charge in [-0.05, 0) is 43.7 Å². The van der Waals surface area contributed by atoms with Gasteiger partial charge in [-0.1, -0.05) is 30.3 Å². The van der Waals surface area contributed by atoms with Crippen molar-refractivity contribution < 1.29 is 14.3 Å². The molecule has 0 aliphatic rings. The highest BCUT2D eigenvalue weighted by molar-refractivity contribution is 5.96. The third kappa shape index (κ3) is 4.59. The summed E-state index contributed by atoms with van der Waals surface area (Å²) < 4.78 is 5.14. The lowest BCUT2D eigenvalue weighted by Gasteiger charge is -2.27. The molecule has 126 valence electrons. The van der Waals surface area contributed by atoms with Gasteiger partial charge < -0.3 is 15.4 Å². The molecule has 0 atom stereocenters. The summed E-state index contributed by atoms with van der Waals surface area (Å²) in [4.78, 5) is 24.1. The van der Waals surface area contributed by atoms with Crippen LogP contribution in [0.5, 0.6) is 5.75 Å². The van der Waals surface area contributed by atoms with Crippen molar-refractivity contribution in [1.29, 1.82) is 0 Å². The standard InChI is InChI=1S/C19H22N2O3/c1-19(2,15-9-11-16(24-3)12-10-15)21-17(22)13-20-18(23)14-7-5-4-6-8-14/h4-12H,13H2,1-3H3,(H,20,23)(H,21,22). The lowest BCUT2D eigenvalue weighted by Crippen LogP contribution is -2.45. The van der Waals surface area contributed by atoms with E-state index in [1.165, 1.54) is 0 Å². The molecule has 2 aromatic carbocycles. The number of hydrogen-bond donors (Lipinski definition) is 2. The Kier molecular flexibility index (Phi) is 5.58. The van der Waals surface area contributed by atoms with Gasteiger partial charge in [-0.2, -0.15) is 0 Å². The van der Waals surface area contributed by atoms with Crippen molar-refractivity contribution in [3.63, 3.8) is 0 Å². The molecule has 0 aliphatic heterocycles. The first-order chi connectivity index (χ1) is 11.4. The molecule has 0 spiro atoms. The van der Waals surface area contributed by atoms with Crippen LogP contribution >= 0.6 is 0 Å². The monoisotopic (exact) mass is 326 g/mol.